The van der Waals surface area contributed by atoms with Crippen molar-refractivity contribution in [3.63, 3.8) is 0 Å². The Labute approximate surface area is 170 Å². The van der Waals surface area contributed by atoms with E-state index in [0.29, 0.717) is 18.6 Å². The Bertz CT molecular complexity index is 999. The molecule has 1 aromatic carbocycles. The van der Waals surface area contributed by atoms with Gasteiger partial charge in [-0.15, -0.1) is 0 Å². The number of carbonyl (C=O) groups excluding carboxylic acids is 1. The van der Waals surface area contributed by atoms with E-state index in [2.05, 4.69) is 15.0 Å². The van der Waals surface area contributed by atoms with Crippen LogP contribution in [-0.4, -0.2) is 40.9 Å². The summed E-state index contributed by atoms with van der Waals surface area (Å²) in [6.45, 7) is 2.20. The van der Waals surface area contributed by atoms with E-state index in [1.54, 1.807) is 6.92 Å². The fourth-order valence-electron chi connectivity index (χ4n) is 3.75. The summed E-state index contributed by atoms with van der Waals surface area (Å²) in [6.07, 6.45) is -0.771. The molecule has 0 amide bonds. The maximum Gasteiger partial charge on any atom is 0.283 e. The van der Waals surface area contributed by atoms with Crippen LogP contribution in [0.1, 0.15) is 35.0 Å². The van der Waals surface area contributed by atoms with Gasteiger partial charge in [-0.1, -0.05) is 6.07 Å². The Hall–Kier alpha value is -3.17. The van der Waals surface area contributed by atoms with Gasteiger partial charge in [0.1, 0.15) is 17.6 Å². The van der Waals surface area contributed by atoms with E-state index in [1.165, 1.54) is 24.5 Å². The third-order valence-electron chi connectivity index (χ3n) is 5.23. The number of ether oxygens (including phenoxy) is 2. The summed E-state index contributed by atoms with van der Waals surface area (Å²) in [5.74, 6) is -1.63. The van der Waals surface area contributed by atoms with Gasteiger partial charge in [0.05, 0.1) is 19.0 Å². The van der Waals surface area contributed by atoms with Crippen LogP contribution < -0.4 is 10.5 Å². The summed E-state index contributed by atoms with van der Waals surface area (Å²) < 4.78 is 53.4. The Morgan fingerprint density at radius 2 is 2.17 bits per heavy atom. The molecule has 1 aromatic heterocycles. The number of benzene rings is 1. The number of amidine groups is 1. The van der Waals surface area contributed by atoms with Crippen molar-refractivity contribution in [2.24, 2.45) is 16.6 Å². The highest BCUT2D eigenvalue weighted by molar-refractivity contribution is 5.95. The number of Topliss-reactive ketones (excluding diaryl/α,β-unsaturated/α-hetero) is 1. The van der Waals surface area contributed by atoms with Crippen LogP contribution in [0, 0.1) is 11.7 Å². The molecule has 158 valence electrons. The molecular weight excluding hydrogens is 401 g/mol. The molecule has 1 fully saturated rings. The van der Waals surface area contributed by atoms with Crippen molar-refractivity contribution in [3.8, 4) is 5.88 Å². The molecule has 1 aliphatic heterocycles. The lowest BCUT2D eigenvalue weighted by Crippen LogP contribution is -2.43. The monoisotopic (exact) mass is 420 g/mol. The van der Waals surface area contributed by atoms with Gasteiger partial charge in [0, 0.05) is 17.9 Å². The second-order valence-electron chi connectivity index (χ2n) is 7.16. The molecule has 1 saturated carbocycles. The second-order valence-corrected chi connectivity index (χ2v) is 7.16. The van der Waals surface area contributed by atoms with E-state index in [1.807, 2.05) is 0 Å². The van der Waals surface area contributed by atoms with Crippen molar-refractivity contribution in [3.05, 3.63) is 53.2 Å². The van der Waals surface area contributed by atoms with Crippen LogP contribution >= 0.6 is 0 Å². The van der Waals surface area contributed by atoms with Gasteiger partial charge in [-0.05, 0) is 31.0 Å². The average Bonchev–Trinajstić information content (AvgIpc) is 3.49. The van der Waals surface area contributed by atoms with Gasteiger partial charge in [0.2, 0.25) is 5.88 Å². The average molecular weight is 420 g/mol. The van der Waals surface area contributed by atoms with Crippen molar-refractivity contribution in [2.75, 3.05) is 6.61 Å². The lowest BCUT2D eigenvalue weighted by Gasteiger charge is -2.33. The van der Waals surface area contributed by atoms with E-state index in [0.717, 1.165) is 6.07 Å². The molecule has 30 heavy (non-hydrogen) atoms. The fraction of sp³-hybridized carbons (Fsp3) is 0.400. The van der Waals surface area contributed by atoms with Gasteiger partial charge < -0.3 is 15.2 Å². The van der Waals surface area contributed by atoms with Crippen LogP contribution in [-0.2, 0) is 16.7 Å². The normalized spacial score (nSPS) is 24.6. The molecule has 0 bridgehead atoms. The maximum absolute atomic E-state index is 14.7. The molecule has 2 N–H and O–H groups in total. The molecule has 10 heteroatoms. The highest BCUT2D eigenvalue weighted by Crippen LogP contribution is 2.56. The number of aliphatic imine (C=N–C) groups is 1. The number of rotatable bonds is 7. The number of alkyl halides is 2. The minimum atomic E-state index is -2.99. The zero-order valence-corrected chi connectivity index (χ0v) is 16.0. The number of fused-ring (bicyclic) bond motifs is 1. The lowest BCUT2D eigenvalue weighted by molar-refractivity contribution is 0.0176. The highest BCUT2D eigenvalue weighted by atomic mass is 19.3. The van der Waals surface area contributed by atoms with Crippen LogP contribution in [0.3, 0.4) is 0 Å². The van der Waals surface area contributed by atoms with Crippen LogP contribution in [0.15, 0.2) is 35.6 Å². The fourth-order valence-corrected chi connectivity index (χ4v) is 3.75. The lowest BCUT2D eigenvalue weighted by atomic mass is 9.83. The Morgan fingerprint density at radius 3 is 2.83 bits per heavy atom. The number of ketones is 1. The number of halogens is 3. The molecule has 2 aliphatic rings. The van der Waals surface area contributed by atoms with Gasteiger partial charge in [-0.3, -0.25) is 4.79 Å². The molecule has 3 atom stereocenters. The molecule has 0 saturated heterocycles. The van der Waals surface area contributed by atoms with Crippen molar-refractivity contribution in [1.29, 1.82) is 0 Å². The van der Waals surface area contributed by atoms with Gasteiger partial charge in [0.15, 0.2) is 11.3 Å². The standard InChI is InChI=1S/C20H19F3N4O3/c1-2-29-17-9-25-14(8-26-17)15(28)6-10-3-4-13(21)11(5-10)20(18(22)23)12-7-16(12)30-19(24)27-20/h3-5,8-9,12,16,18H,2,6-7H2,1H3,(H2,24,27)/t12-,16+,20+/m0/s1. The summed E-state index contributed by atoms with van der Waals surface area (Å²) in [6, 6.07) is 3.29. The van der Waals surface area contributed by atoms with E-state index in [4.69, 9.17) is 15.2 Å². The summed E-state index contributed by atoms with van der Waals surface area (Å²) >= 11 is 0. The summed E-state index contributed by atoms with van der Waals surface area (Å²) in [5.41, 5.74) is 3.59. The summed E-state index contributed by atoms with van der Waals surface area (Å²) in [5, 5.41) is 0. The largest absolute Gasteiger partial charge is 0.477 e. The highest BCUT2D eigenvalue weighted by Gasteiger charge is 2.64. The zero-order chi connectivity index (χ0) is 21.5. The molecule has 7 nitrogen and oxygen atoms in total. The smallest absolute Gasteiger partial charge is 0.283 e. The Balaban J connectivity index is 1.63. The van der Waals surface area contributed by atoms with Gasteiger partial charge in [-0.2, -0.15) is 0 Å². The number of nitrogens with zero attached hydrogens (tertiary/aromatic N) is 3. The van der Waals surface area contributed by atoms with Crippen molar-refractivity contribution < 1.29 is 27.4 Å². The first kappa shape index (κ1) is 20.1. The first-order valence-electron chi connectivity index (χ1n) is 9.42. The molecule has 0 radical (unpaired) electrons. The predicted molar refractivity (Wildman–Crippen MR) is 99.9 cm³/mol. The molecule has 2 heterocycles. The minimum Gasteiger partial charge on any atom is -0.477 e. The number of carbonyl (C=O) groups is 1. The number of nitrogens with two attached hydrogens (primary N) is 1. The van der Waals surface area contributed by atoms with E-state index >= 15 is 0 Å². The molecule has 0 unspecified atom stereocenters. The first-order valence-corrected chi connectivity index (χ1v) is 9.42. The minimum absolute atomic E-state index is 0.0866. The van der Waals surface area contributed by atoms with Crippen molar-refractivity contribution in [2.45, 2.75) is 37.8 Å². The second kappa shape index (κ2) is 7.58. The SMILES string of the molecule is CCOc1cnc(C(=O)Cc2ccc(F)c([C@@]3(C(F)F)N=C(N)O[C@@H]4C[C@@H]43)c2)cn1. The molecule has 0 spiro atoms. The molecule has 4 rings (SSSR count). The third kappa shape index (κ3) is 3.46. The van der Waals surface area contributed by atoms with Gasteiger partial charge in [0.25, 0.3) is 12.4 Å². The van der Waals surface area contributed by atoms with Crippen LogP contribution in [0.2, 0.25) is 0 Å². The number of aromatic nitrogens is 2. The maximum atomic E-state index is 14.7. The summed E-state index contributed by atoms with van der Waals surface area (Å²) in [7, 11) is 0. The van der Waals surface area contributed by atoms with Crippen LogP contribution in [0.4, 0.5) is 13.2 Å². The van der Waals surface area contributed by atoms with Gasteiger partial charge in [-0.25, -0.2) is 28.1 Å². The summed E-state index contributed by atoms with van der Waals surface area (Å²) in [4.78, 5) is 24.4. The van der Waals surface area contributed by atoms with E-state index in [9.17, 15) is 18.0 Å². The molecular formula is C20H19F3N4O3. The van der Waals surface area contributed by atoms with Crippen LogP contribution in [0.25, 0.3) is 0 Å². The van der Waals surface area contributed by atoms with Crippen LogP contribution in [0.5, 0.6) is 5.88 Å². The zero-order valence-electron chi connectivity index (χ0n) is 16.0. The predicted octanol–water partition coefficient (Wildman–Crippen LogP) is 2.63. The number of hydrogen-bond acceptors (Lipinski definition) is 7. The topological polar surface area (TPSA) is 99.7 Å². The third-order valence-corrected chi connectivity index (χ3v) is 5.23. The van der Waals surface area contributed by atoms with Gasteiger partial charge >= 0.3 is 0 Å². The van der Waals surface area contributed by atoms with Crippen molar-refractivity contribution >= 4 is 11.8 Å². The number of hydrogen-bond donors (Lipinski definition) is 1. The Kier molecular flexibility index (Phi) is 5.08. The van der Waals surface area contributed by atoms with Crippen molar-refractivity contribution in [1.82, 2.24) is 9.97 Å². The first-order chi connectivity index (χ1) is 14.3. The Morgan fingerprint density at radius 1 is 1.37 bits per heavy atom. The quantitative estimate of drug-likeness (QED) is 0.692. The molecule has 2 aromatic rings. The van der Waals surface area contributed by atoms with E-state index in [-0.39, 0.29) is 29.6 Å². The molecule has 1 aliphatic carbocycles. The van der Waals surface area contributed by atoms with E-state index < -0.39 is 35.6 Å².